The van der Waals surface area contributed by atoms with E-state index in [0.29, 0.717) is 19.5 Å². The number of aliphatic hydroxyl groups excluding tert-OH is 1. The lowest BCUT2D eigenvalue weighted by Gasteiger charge is -2.23. The van der Waals surface area contributed by atoms with Gasteiger partial charge in [0.2, 0.25) is 0 Å². The van der Waals surface area contributed by atoms with Crippen LogP contribution in [0.1, 0.15) is 19.3 Å². The van der Waals surface area contributed by atoms with Crippen LogP contribution in [-0.4, -0.2) is 55.9 Å². The summed E-state index contributed by atoms with van der Waals surface area (Å²) in [6.07, 6.45) is 3.81. The van der Waals surface area contributed by atoms with Crippen molar-refractivity contribution < 1.29 is 13.5 Å². The Bertz CT molecular complexity index is 290. The van der Waals surface area contributed by atoms with E-state index in [4.69, 9.17) is 5.11 Å². The van der Waals surface area contributed by atoms with Gasteiger partial charge in [0.25, 0.3) is 10.2 Å². The lowest BCUT2D eigenvalue weighted by atomic mass is 10.3. The minimum absolute atomic E-state index is 0.0000381. The fourth-order valence-electron chi connectivity index (χ4n) is 1.22. The highest BCUT2D eigenvalue weighted by Crippen LogP contribution is 2.06. The first kappa shape index (κ1) is 15.6. The molecule has 0 aromatic rings. The number of aliphatic hydroxyl groups is 1. The van der Waals surface area contributed by atoms with Crippen LogP contribution in [0.5, 0.6) is 0 Å². The van der Waals surface area contributed by atoms with Crippen LogP contribution in [0.25, 0.3) is 0 Å². The second-order valence-corrected chi connectivity index (χ2v) is 5.80. The van der Waals surface area contributed by atoms with Crippen LogP contribution in [0, 0.1) is 0 Å². The largest absolute Gasteiger partial charge is 0.396 e. The second-order valence-electron chi connectivity index (χ2n) is 3.66. The van der Waals surface area contributed by atoms with Crippen LogP contribution in [0.15, 0.2) is 12.7 Å². The summed E-state index contributed by atoms with van der Waals surface area (Å²) in [6.45, 7) is 4.41. The highest BCUT2D eigenvalue weighted by Gasteiger charge is 2.22. The van der Waals surface area contributed by atoms with Gasteiger partial charge >= 0.3 is 0 Å². The van der Waals surface area contributed by atoms with Gasteiger partial charge in [-0.2, -0.15) is 17.0 Å². The molecule has 1 N–H and O–H groups in total. The van der Waals surface area contributed by atoms with E-state index in [1.54, 1.807) is 13.1 Å². The van der Waals surface area contributed by atoms with E-state index in [-0.39, 0.29) is 6.61 Å². The van der Waals surface area contributed by atoms with Gasteiger partial charge in [-0.1, -0.05) is 6.08 Å². The Morgan fingerprint density at radius 1 is 1.19 bits per heavy atom. The zero-order valence-corrected chi connectivity index (χ0v) is 10.9. The summed E-state index contributed by atoms with van der Waals surface area (Å²) in [6, 6.07) is 0. The molecule has 0 saturated carbocycles. The molecule has 16 heavy (non-hydrogen) atoms. The summed E-state index contributed by atoms with van der Waals surface area (Å²) < 4.78 is 26.3. The minimum atomic E-state index is -3.37. The van der Waals surface area contributed by atoms with Gasteiger partial charge < -0.3 is 5.11 Å². The van der Waals surface area contributed by atoms with Gasteiger partial charge in [-0.05, 0) is 19.3 Å². The third-order valence-corrected chi connectivity index (χ3v) is 4.24. The number of hydrogen-bond donors (Lipinski definition) is 1. The van der Waals surface area contributed by atoms with Crippen LogP contribution in [0.2, 0.25) is 0 Å². The Kier molecular flexibility index (Phi) is 7.57. The van der Waals surface area contributed by atoms with Gasteiger partial charge in [0.05, 0.1) is 0 Å². The molecular weight excluding hydrogens is 228 g/mol. The zero-order valence-electron chi connectivity index (χ0n) is 10.1. The van der Waals surface area contributed by atoms with Crippen LogP contribution in [0.3, 0.4) is 0 Å². The lowest BCUT2D eigenvalue weighted by molar-refractivity contribution is 0.272. The summed E-state index contributed by atoms with van der Waals surface area (Å²) in [5, 5.41) is 8.65. The predicted octanol–water partition coefficient (Wildman–Crippen LogP) is 0.443. The average Bonchev–Trinajstić information content (AvgIpc) is 2.25. The Morgan fingerprint density at radius 2 is 1.69 bits per heavy atom. The number of allylic oxidation sites excluding steroid dienone is 1. The van der Waals surface area contributed by atoms with Gasteiger partial charge in [0.15, 0.2) is 0 Å². The van der Waals surface area contributed by atoms with E-state index in [1.165, 1.54) is 15.7 Å². The zero-order chi connectivity index (χ0) is 12.6. The van der Waals surface area contributed by atoms with E-state index in [9.17, 15) is 8.42 Å². The standard InChI is InChI=1S/C10H22N2O3S/c1-4-5-6-8-11(2)16(14,15)12(3)9-7-10-13/h4,13H,1,5-10H2,2-3H3. The van der Waals surface area contributed by atoms with Gasteiger partial charge in [0.1, 0.15) is 0 Å². The fraction of sp³-hybridized carbons (Fsp3) is 0.800. The Balaban J connectivity index is 4.23. The SMILES string of the molecule is C=CCCCN(C)S(=O)(=O)N(C)CCCO. The molecular formula is C10H22N2O3S. The molecule has 0 amide bonds. The van der Waals surface area contributed by atoms with Crippen molar-refractivity contribution in [1.29, 1.82) is 0 Å². The van der Waals surface area contributed by atoms with Gasteiger partial charge in [-0.25, -0.2) is 0 Å². The van der Waals surface area contributed by atoms with Crippen molar-refractivity contribution in [3.63, 3.8) is 0 Å². The van der Waals surface area contributed by atoms with E-state index in [2.05, 4.69) is 6.58 Å². The van der Waals surface area contributed by atoms with Crippen LogP contribution in [0.4, 0.5) is 0 Å². The van der Waals surface area contributed by atoms with Crippen LogP contribution in [-0.2, 0) is 10.2 Å². The summed E-state index contributed by atoms with van der Waals surface area (Å²) in [4.78, 5) is 0. The Hall–Kier alpha value is -0.430. The first-order valence-corrected chi connectivity index (χ1v) is 6.76. The van der Waals surface area contributed by atoms with E-state index >= 15 is 0 Å². The summed E-state index contributed by atoms with van der Waals surface area (Å²) in [7, 11) is -0.284. The first-order valence-electron chi connectivity index (χ1n) is 5.36. The van der Waals surface area contributed by atoms with Crippen molar-refractivity contribution >= 4 is 10.2 Å². The molecule has 0 aromatic carbocycles. The fourth-order valence-corrected chi connectivity index (χ4v) is 2.42. The van der Waals surface area contributed by atoms with Crippen molar-refractivity contribution in [3.05, 3.63) is 12.7 Å². The lowest BCUT2D eigenvalue weighted by Crippen LogP contribution is -2.40. The molecule has 0 atom stereocenters. The minimum Gasteiger partial charge on any atom is -0.396 e. The third kappa shape index (κ3) is 5.07. The molecule has 0 aromatic heterocycles. The predicted molar refractivity (Wildman–Crippen MR) is 65.3 cm³/mol. The maximum Gasteiger partial charge on any atom is 0.281 e. The van der Waals surface area contributed by atoms with Crippen molar-refractivity contribution in [3.8, 4) is 0 Å². The summed E-state index contributed by atoms with van der Waals surface area (Å²) in [5.74, 6) is 0. The quantitative estimate of drug-likeness (QED) is 0.477. The molecule has 0 saturated heterocycles. The Labute approximate surface area is 98.5 Å². The highest BCUT2D eigenvalue weighted by atomic mass is 32.2. The average molecular weight is 250 g/mol. The normalized spacial score (nSPS) is 12.3. The number of rotatable bonds is 9. The van der Waals surface area contributed by atoms with Crippen molar-refractivity contribution in [1.82, 2.24) is 8.61 Å². The molecule has 96 valence electrons. The molecule has 0 radical (unpaired) electrons. The molecule has 0 bridgehead atoms. The van der Waals surface area contributed by atoms with Gasteiger partial charge in [0, 0.05) is 33.8 Å². The smallest absolute Gasteiger partial charge is 0.281 e. The molecule has 0 rings (SSSR count). The summed E-state index contributed by atoms with van der Waals surface area (Å²) >= 11 is 0. The molecule has 0 spiro atoms. The number of nitrogens with zero attached hydrogens (tertiary/aromatic N) is 2. The first-order chi connectivity index (χ1) is 7.46. The molecule has 0 heterocycles. The van der Waals surface area contributed by atoms with Crippen molar-refractivity contribution in [2.24, 2.45) is 0 Å². The molecule has 5 nitrogen and oxygen atoms in total. The van der Waals surface area contributed by atoms with E-state index in [0.717, 1.165) is 12.8 Å². The molecule has 0 unspecified atom stereocenters. The monoisotopic (exact) mass is 250 g/mol. The van der Waals surface area contributed by atoms with Crippen LogP contribution < -0.4 is 0 Å². The van der Waals surface area contributed by atoms with Crippen molar-refractivity contribution in [2.75, 3.05) is 33.8 Å². The van der Waals surface area contributed by atoms with E-state index in [1.807, 2.05) is 0 Å². The van der Waals surface area contributed by atoms with Crippen LogP contribution >= 0.6 is 0 Å². The molecule has 0 aliphatic heterocycles. The topological polar surface area (TPSA) is 60.9 Å². The van der Waals surface area contributed by atoms with Crippen molar-refractivity contribution in [2.45, 2.75) is 19.3 Å². The maximum atomic E-state index is 11.9. The maximum absolute atomic E-state index is 11.9. The van der Waals surface area contributed by atoms with E-state index < -0.39 is 10.2 Å². The second kappa shape index (κ2) is 7.78. The molecule has 0 aliphatic rings. The van der Waals surface area contributed by atoms with Gasteiger partial charge in [-0.15, -0.1) is 6.58 Å². The number of hydrogen-bond acceptors (Lipinski definition) is 3. The third-order valence-electron chi connectivity index (χ3n) is 2.30. The molecule has 0 fully saturated rings. The highest BCUT2D eigenvalue weighted by molar-refractivity contribution is 7.86. The number of unbranched alkanes of at least 4 members (excludes halogenated alkanes) is 1. The molecule has 6 heteroatoms. The molecule has 0 aliphatic carbocycles. The van der Waals surface area contributed by atoms with Gasteiger partial charge in [-0.3, -0.25) is 0 Å². The Morgan fingerprint density at radius 3 is 2.12 bits per heavy atom. The summed E-state index contributed by atoms with van der Waals surface area (Å²) in [5.41, 5.74) is 0.